The van der Waals surface area contributed by atoms with Crippen molar-refractivity contribution in [2.24, 2.45) is 0 Å². The van der Waals surface area contributed by atoms with Gasteiger partial charge in [0.2, 0.25) is 11.9 Å². The van der Waals surface area contributed by atoms with Crippen LogP contribution < -0.4 is 9.80 Å². The van der Waals surface area contributed by atoms with E-state index in [0.29, 0.717) is 61.9 Å². The Morgan fingerprint density at radius 1 is 1.14 bits per heavy atom. The number of piperazine rings is 1. The van der Waals surface area contributed by atoms with E-state index in [1.54, 1.807) is 37.3 Å². The molecular weight excluding hydrogens is 456 g/mol. The van der Waals surface area contributed by atoms with E-state index >= 15 is 0 Å². The van der Waals surface area contributed by atoms with Gasteiger partial charge >= 0.3 is 0 Å². The van der Waals surface area contributed by atoms with Crippen LogP contribution in [0.25, 0.3) is 11.4 Å². The van der Waals surface area contributed by atoms with E-state index in [0.717, 1.165) is 11.5 Å². The van der Waals surface area contributed by atoms with Crippen molar-refractivity contribution in [1.29, 1.82) is 10.5 Å². The van der Waals surface area contributed by atoms with Gasteiger partial charge in [-0.1, -0.05) is 12.1 Å². The predicted octanol–water partition coefficient (Wildman–Crippen LogP) is 2.06. The maximum atomic E-state index is 12.2. The van der Waals surface area contributed by atoms with Gasteiger partial charge in [0.1, 0.15) is 6.07 Å². The molecule has 184 valence electrons. The van der Waals surface area contributed by atoms with Gasteiger partial charge < -0.3 is 14.7 Å². The van der Waals surface area contributed by atoms with E-state index in [1.807, 2.05) is 16.7 Å². The number of benzene rings is 1. The van der Waals surface area contributed by atoms with Crippen LogP contribution in [-0.4, -0.2) is 75.3 Å². The smallest absolute Gasteiger partial charge is 0.227 e. The van der Waals surface area contributed by atoms with Crippen LogP contribution >= 0.6 is 0 Å². The average Bonchev–Trinajstić information content (AvgIpc) is 3.31. The van der Waals surface area contributed by atoms with Crippen molar-refractivity contribution in [2.45, 2.75) is 32.4 Å². The number of anilines is 2. The molecule has 0 bridgehead atoms. The monoisotopic (exact) mass is 484 g/mol. The first kappa shape index (κ1) is 24.6. The Morgan fingerprint density at radius 2 is 1.94 bits per heavy atom. The Hall–Kier alpha value is -4.51. The molecule has 3 heterocycles. The van der Waals surface area contributed by atoms with Crippen LogP contribution in [0.15, 0.2) is 36.7 Å². The highest BCUT2D eigenvalue weighted by Crippen LogP contribution is 2.28. The fraction of sp³-hybridized carbons (Fsp3) is 0.400. The van der Waals surface area contributed by atoms with Crippen molar-refractivity contribution in [1.82, 2.24) is 29.6 Å². The van der Waals surface area contributed by atoms with Crippen molar-refractivity contribution < 1.29 is 4.79 Å². The van der Waals surface area contributed by atoms with Gasteiger partial charge in [0, 0.05) is 70.7 Å². The van der Waals surface area contributed by atoms with Crippen molar-refractivity contribution in [3.63, 3.8) is 0 Å². The van der Waals surface area contributed by atoms with Crippen molar-refractivity contribution >= 4 is 17.7 Å². The maximum absolute atomic E-state index is 12.2. The first-order chi connectivity index (χ1) is 17.4. The van der Waals surface area contributed by atoms with Crippen molar-refractivity contribution in [3.05, 3.63) is 47.9 Å². The number of carbonyl (C=O) groups is 1. The molecule has 0 saturated carbocycles. The summed E-state index contributed by atoms with van der Waals surface area (Å²) in [6, 6.07) is 11.6. The summed E-state index contributed by atoms with van der Waals surface area (Å²) in [6.07, 6.45) is 4.16. The summed E-state index contributed by atoms with van der Waals surface area (Å²) in [6.45, 7) is 4.58. The second-order valence-electron chi connectivity index (χ2n) is 8.89. The molecule has 1 aliphatic rings. The molecule has 1 aromatic carbocycles. The van der Waals surface area contributed by atoms with Crippen LogP contribution in [0.3, 0.4) is 0 Å². The SMILES string of the molecule is CC1CN(c2nccnc2C#N)CCN1c1nnc(-c2cccc(C#N)c2)n1CCCC(=O)N(C)C. The Bertz CT molecular complexity index is 1320. The number of carbonyl (C=O) groups excluding carboxylic acids is 1. The molecule has 0 N–H and O–H groups in total. The van der Waals surface area contributed by atoms with Crippen LogP contribution in [-0.2, 0) is 11.3 Å². The lowest BCUT2D eigenvalue weighted by molar-refractivity contribution is -0.128. The lowest BCUT2D eigenvalue weighted by Gasteiger charge is -2.40. The molecule has 0 spiro atoms. The summed E-state index contributed by atoms with van der Waals surface area (Å²) < 4.78 is 2.04. The maximum Gasteiger partial charge on any atom is 0.227 e. The van der Waals surface area contributed by atoms with Gasteiger partial charge in [-0.2, -0.15) is 10.5 Å². The van der Waals surface area contributed by atoms with E-state index in [4.69, 9.17) is 0 Å². The molecule has 1 atom stereocenters. The first-order valence-corrected chi connectivity index (χ1v) is 11.8. The third-order valence-electron chi connectivity index (χ3n) is 6.22. The molecule has 1 unspecified atom stereocenters. The normalized spacial score (nSPS) is 15.3. The van der Waals surface area contributed by atoms with Crippen LogP contribution in [0, 0.1) is 22.7 Å². The van der Waals surface area contributed by atoms with E-state index in [1.165, 1.54) is 6.20 Å². The molecule has 11 heteroatoms. The largest absolute Gasteiger partial charge is 0.350 e. The summed E-state index contributed by atoms with van der Waals surface area (Å²) in [5.74, 6) is 2.03. The molecule has 1 aliphatic heterocycles. The van der Waals surface area contributed by atoms with Crippen LogP contribution in [0.2, 0.25) is 0 Å². The molecule has 11 nitrogen and oxygen atoms in total. The Kier molecular flexibility index (Phi) is 7.40. The van der Waals surface area contributed by atoms with E-state index in [2.05, 4.69) is 49.0 Å². The summed E-state index contributed by atoms with van der Waals surface area (Å²) >= 11 is 0. The van der Waals surface area contributed by atoms with Crippen LogP contribution in [0.5, 0.6) is 0 Å². The average molecular weight is 485 g/mol. The zero-order valence-electron chi connectivity index (χ0n) is 20.7. The van der Waals surface area contributed by atoms with Gasteiger partial charge in [-0.25, -0.2) is 9.97 Å². The molecule has 1 amide bonds. The van der Waals surface area contributed by atoms with Gasteiger partial charge in [0.25, 0.3) is 0 Å². The molecule has 0 aliphatic carbocycles. The molecule has 0 radical (unpaired) electrons. The van der Waals surface area contributed by atoms with Gasteiger partial charge in [0.05, 0.1) is 11.6 Å². The summed E-state index contributed by atoms with van der Waals surface area (Å²) in [7, 11) is 3.50. The highest BCUT2D eigenvalue weighted by molar-refractivity contribution is 5.75. The molecular formula is C25H28N10O. The quantitative estimate of drug-likeness (QED) is 0.494. The lowest BCUT2D eigenvalue weighted by atomic mass is 10.1. The number of nitriles is 2. The summed E-state index contributed by atoms with van der Waals surface area (Å²) in [5.41, 5.74) is 1.66. The summed E-state index contributed by atoms with van der Waals surface area (Å²) in [5, 5.41) is 27.8. The standard InChI is InChI=1S/C25H28N10O/c1-18-17-33(24-21(16-27)28-9-10-29-24)12-13-34(18)25-31-30-23(20-7-4-6-19(14-20)15-26)35(25)11-5-8-22(36)32(2)3/h4,6-7,9-10,14,18H,5,8,11-13,17H2,1-3H3. The number of aromatic nitrogens is 5. The zero-order valence-corrected chi connectivity index (χ0v) is 20.7. The van der Waals surface area contributed by atoms with Crippen LogP contribution in [0.4, 0.5) is 11.8 Å². The summed E-state index contributed by atoms with van der Waals surface area (Å²) in [4.78, 5) is 26.5. The molecule has 1 fully saturated rings. The van der Waals surface area contributed by atoms with Gasteiger partial charge in [0.15, 0.2) is 17.3 Å². The predicted molar refractivity (Wildman–Crippen MR) is 134 cm³/mol. The number of amides is 1. The van der Waals surface area contributed by atoms with Crippen molar-refractivity contribution in [3.8, 4) is 23.5 Å². The zero-order chi connectivity index (χ0) is 25.7. The third-order valence-corrected chi connectivity index (χ3v) is 6.22. The number of rotatable bonds is 7. The third kappa shape index (κ3) is 5.10. The molecule has 36 heavy (non-hydrogen) atoms. The molecule has 1 saturated heterocycles. The second kappa shape index (κ2) is 10.8. The minimum absolute atomic E-state index is 0.0527. The van der Waals surface area contributed by atoms with Gasteiger partial charge in [-0.3, -0.25) is 9.36 Å². The molecule has 2 aromatic heterocycles. The van der Waals surface area contributed by atoms with E-state index in [9.17, 15) is 15.3 Å². The number of hydrogen-bond acceptors (Lipinski definition) is 9. The van der Waals surface area contributed by atoms with Crippen molar-refractivity contribution in [2.75, 3.05) is 43.5 Å². The minimum Gasteiger partial charge on any atom is -0.350 e. The van der Waals surface area contributed by atoms with E-state index in [-0.39, 0.29) is 11.9 Å². The Balaban J connectivity index is 1.62. The highest BCUT2D eigenvalue weighted by Gasteiger charge is 2.30. The van der Waals surface area contributed by atoms with Gasteiger partial charge in [-0.05, 0) is 25.5 Å². The lowest BCUT2D eigenvalue weighted by Crippen LogP contribution is -2.53. The Morgan fingerprint density at radius 3 is 2.67 bits per heavy atom. The molecule has 4 rings (SSSR count). The number of nitrogens with zero attached hydrogens (tertiary/aromatic N) is 10. The second-order valence-corrected chi connectivity index (χ2v) is 8.89. The van der Waals surface area contributed by atoms with Crippen LogP contribution in [0.1, 0.15) is 31.0 Å². The highest BCUT2D eigenvalue weighted by atomic mass is 16.2. The fourth-order valence-corrected chi connectivity index (χ4v) is 4.35. The Labute approximate surface area is 210 Å². The van der Waals surface area contributed by atoms with Gasteiger partial charge in [-0.15, -0.1) is 10.2 Å². The fourth-order valence-electron chi connectivity index (χ4n) is 4.35. The number of hydrogen-bond donors (Lipinski definition) is 0. The first-order valence-electron chi connectivity index (χ1n) is 11.8. The molecule has 3 aromatic rings. The van der Waals surface area contributed by atoms with E-state index < -0.39 is 0 Å². The minimum atomic E-state index is 0.0527. The topological polar surface area (TPSA) is 131 Å².